The summed E-state index contributed by atoms with van der Waals surface area (Å²) in [6, 6.07) is 5.67. The Hall–Kier alpha value is -1.28. The fourth-order valence-electron chi connectivity index (χ4n) is 1.91. The van der Waals surface area contributed by atoms with Crippen LogP contribution in [0, 0.1) is 0 Å². The number of rotatable bonds is 6. The molecule has 2 N–H and O–H groups in total. The van der Waals surface area contributed by atoms with Crippen molar-refractivity contribution in [3.63, 3.8) is 0 Å². The van der Waals surface area contributed by atoms with E-state index >= 15 is 0 Å². The number of hydrogen-bond donors (Lipinski definition) is 2. The molecule has 1 aromatic carbocycles. The first kappa shape index (κ1) is 16.1. The van der Waals surface area contributed by atoms with Crippen molar-refractivity contribution in [3.05, 3.63) is 24.3 Å². The van der Waals surface area contributed by atoms with E-state index in [1.54, 1.807) is 4.72 Å². The number of anilines is 1. The van der Waals surface area contributed by atoms with E-state index in [2.05, 4.69) is 5.32 Å². The highest BCUT2D eigenvalue weighted by Crippen LogP contribution is 2.49. The average molecular weight is 322 g/mol. The van der Waals surface area contributed by atoms with Gasteiger partial charge in [-0.15, -0.1) is 0 Å². The Balaban J connectivity index is 2.13. The Morgan fingerprint density at radius 3 is 2.19 bits per heavy atom. The zero-order valence-electron chi connectivity index (χ0n) is 11.5. The van der Waals surface area contributed by atoms with Crippen molar-refractivity contribution in [2.24, 2.45) is 0 Å². The van der Waals surface area contributed by atoms with E-state index < -0.39 is 21.7 Å². The summed E-state index contributed by atoms with van der Waals surface area (Å²) in [7, 11) is -4.17. The molecule has 0 saturated heterocycles. The molecule has 0 radical (unpaired) electrons. The highest BCUT2D eigenvalue weighted by molar-refractivity contribution is 7.89. The van der Waals surface area contributed by atoms with Gasteiger partial charge in [0.2, 0.25) is 10.0 Å². The molecule has 1 aromatic rings. The topological polar surface area (TPSA) is 58.2 Å². The van der Waals surface area contributed by atoms with Gasteiger partial charge in [-0.3, -0.25) is 0 Å². The lowest BCUT2D eigenvalue weighted by molar-refractivity contribution is -0.160. The van der Waals surface area contributed by atoms with Crippen molar-refractivity contribution in [2.75, 3.05) is 11.9 Å². The van der Waals surface area contributed by atoms with Crippen molar-refractivity contribution >= 4 is 15.7 Å². The van der Waals surface area contributed by atoms with Crippen LogP contribution in [0.2, 0.25) is 0 Å². The molecule has 1 aliphatic carbocycles. The molecule has 0 aliphatic heterocycles. The summed E-state index contributed by atoms with van der Waals surface area (Å²) in [5.41, 5.74) is -1.56. The molecule has 1 aliphatic rings. The van der Waals surface area contributed by atoms with Crippen molar-refractivity contribution < 1.29 is 21.6 Å². The van der Waals surface area contributed by atoms with Crippen molar-refractivity contribution in [2.45, 2.75) is 42.8 Å². The molecule has 21 heavy (non-hydrogen) atoms. The minimum absolute atomic E-state index is 0.167. The molecule has 2 rings (SSSR count). The van der Waals surface area contributed by atoms with Crippen LogP contribution >= 0.6 is 0 Å². The van der Waals surface area contributed by atoms with E-state index in [0.717, 1.165) is 18.7 Å². The maximum Gasteiger partial charge on any atom is 0.407 e. The smallest absolute Gasteiger partial charge is 0.385 e. The molecule has 0 aromatic heterocycles. The summed E-state index contributed by atoms with van der Waals surface area (Å²) in [5, 5.41) is 3.06. The van der Waals surface area contributed by atoms with Gasteiger partial charge in [-0.05, 0) is 43.5 Å². The van der Waals surface area contributed by atoms with Crippen LogP contribution in [0.25, 0.3) is 0 Å². The molecule has 0 spiro atoms. The normalized spacial score (nSPS) is 17.5. The largest absolute Gasteiger partial charge is 0.407 e. The lowest BCUT2D eigenvalue weighted by Crippen LogP contribution is -2.47. The lowest BCUT2D eigenvalue weighted by atomic mass is 10.3. The molecule has 8 heteroatoms. The Bertz CT molecular complexity index is 593. The van der Waals surface area contributed by atoms with Crippen LogP contribution in [0.3, 0.4) is 0 Å². The first-order valence-electron chi connectivity index (χ1n) is 6.65. The summed E-state index contributed by atoms with van der Waals surface area (Å²) < 4.78 is 64.3. The summed E-state index contributed by atoms with van der Waals surface area (Å²) in [6.07, 6.45) is -4.09. The molecule has 118 valence electrons. The molecule has 0 atom stereocenters. The van der Waals surface area contributed by atoms with E-state index in [4.69, 9.17) is 0 Å². The predicted molar refractivity (Wildman–Crippen MR) is 73.6 cm³/mol. The van der Waals surface area contributed by atoms with E-state index in [1.165, 1.54) is 24.3 Å². The Morgan fingerprint density at radius 1 is 1.19 bits per heavy atom. The molecule has 4 nitrogen and oxygen atoms in total. The molecule has 0 heterocycles. The molecule has 0 unspecified atom stereocenters. The van der Waals surface area contributed by atoms with Crippen molar-refractivity contribution in [3.8, 4) is 0 Å². The van der Waals surface area contributed by atoms with Gasteiger partial charge in [-0.1, -0.05) is 6.92 Å². The highest BCUT2D eigenvalue weighted by atomic mass is 32.2. The Kier molecular flexibility index (Phi) is 4.21. The summed E-state index contributed by atoms with van der Waals surface area (Å²) >= 11 is 0. The first-order chi connectivity index (χ1) is 9.70. The van der Waals surface area contributed by atoms with Crippen LogP contribution in [-0.2, 0) is 10.0 Å². The van der Waals surface area contributed by atoms with Crippen LogP contribution in [0.15, 0.2) is 29.2 Å². The van der Waals surface area contributed by atoms with Crippen LogP contribution < -0.4 is 10.0 Å². The number of halogens is 3. The minimum Gasteiger partial charge on any atom is -0.385 e. The quantitative estimate of drug-likeness (QED) is 0.847. The zero-order valence-corrected chi connectivity index (χ0v) is 12.3. The van der Waals surface area contributed by atoms with Gasteiger partial charge in [0.1, 0.15) is 5.54 Å². The lowest BCUT2D eigenvalue weighted by Gasteiger charge is -2.20. The predicted octanol–water partition coefficient (Wildman–Crippen LogP) is 2.88. The van der Waals surface area contributed by atoms with Crippen LogP contribution in [0.5, 0.6) is 0 Å². The van der Waals surface area contributed by atoms with Gasteiger partial charge < -0.3 is 5.32 Å². The Labute approximate surface area is 121 Å². The third-order valence-electron chi connectivity index (χ3n) is 3.37. The van der Waals surface area contributed by atoms with Gasteiger partial charge in [0.05, 0.1) is 4.90 Å². The zero-order chi connectivity index (χ0) is 15.7. The highest BCUT2D eigenvalue weighted by Gasteiger charge is 2.65. The molecular weight excluding hydrogens is 305 g/mol. The van der Waals surface area contributed by atoms with Gasteiger partial charge >= 0.3 is 6.18 Å². The van der Waals surface area contributed by atoms with Crippen LogP contribution in [0.1, 0.15) is 26.2 Å². The second-order valence-corrected chi connectivity index (χ2v) is 6.82. The van der Waals surface area contributed by atoms with Gasteiger partial charge in [0.15, 0.2) is 0 Å². The summed E-state index contributed by atoms with van der Waals surface area (Å²) in [4.78, 5) is -0.167. The second kappa shape index (κ2) is 5.49. The van der Waals surface area contributed by atoms with E-state index in [-0.39, 0.29) is 17.7 Å². The SMILES string of the molecule is CCCNc1ccc(S(=O)(=O)NC2(C(F)(F)F)CC2)cc1. The number of nitrogens with one attached hydrogen (secondary N) is 2. The monoisotopic (exact) mass is 322 g/mol. The third-order valence-corrected chi connectivity index (χ3v) is 4.92. The van der Waals surface area contributed by atoms with Crippen molar-refractivity contribution in [1.82, 2.24) is 4.72 Å². The maximum atomic E-state index is 12.8. The molecule has 1 saturated carbocycles. The average Bonchev–Trinajstić information content (AvgIpc) is 3.16. The molecule has 0 amide bonds. The number of benzene rings is 1. The fraction of sp³-hybridized carbons (Fsp3) is 0.538. The first-order valence-corrected chi connectivity index (χ1v) is 8.13. The summed E-state index contributed by atoms with van der Waals surface area (Å²) in [6.45, 7) is 2.73. The molecule has 1 fully saturated rings. The minimum atomic E-state index is -4.57. The number of sulfonamides is 1. The Morgan fingerprint density at radius 2 is 1.76 bits per heavy atom. The van der Waals surface area contributed by atoms with Crippen LogP contribution in [-0.4, -0.2) is 26.7 Å². The van der Waals surface area contributed by atoms with Crippen molar-refractivity contribution in [1.29, 1.82) is 0 Å². The van der Waals surface area contributed by atoms with Gasteiger partial charge in [0.25, 0.3) is 0 Å². The van der Waals surface area contributed by atoms with Crippen LogP contribution in [0.4, 0.5) is 18.9 Å². The van der Waals surface area contributed by atoms with Gasteiger partial charge in [0, 0.05) is 12.2 Å². The van der Waals surface area contributed by atoms with Gasteiger partial charge in [-0.25, -0.2) is 8.42 Å². The standard InChI is InChI=1S/C13H17F3N2O2S/c1-2-9-17-10-3-5-11(6-4-10)21(19,20)18-12(7-8-12)13(14,15)16/h3-6,17-18H,2,7-9H2,1H3. The third kappa shape index (κ3) is 3.49. The summed E-state index contributed by atoms with van der Waals surface area (Å²) in [5.74, 6) is 0. The fourth-order valence-corrected chi connectivity index (χ4v) is 3.35. The molecule has 0 bridgehead atoms. The number of hydrogen-bond acceptors (Lipinski definition) is 3. The maximum absolute atomic E-state index is 12.8. The van der Waals surface area contributed by atoms with Gasteiger partial charge in [-0.2, -0.15) is 17.9 Å². The van der Waals surface area contributed by atoms with E-state index in [1.807, 2.05) is 6.92 Å². The molecular formula is C13H17F3N2O2S. The second-order valence-electron chi connectivity index (χ2n) is 5.14. The number of alkyl halides is 3. The van der Waals surface area contributed by atoms with E-state index in [9.17, 15) is 21.6 Å². The van der Waals surface area contributed by atoms with E-state index in [0.29, 0.717) is 0 Å².